The van der Waals surface area contributed by atoms with Crippen molar-refractivity contribution < 1.29 is 19.1 Å². The molecule has 4 N–H and O–H groups in total. The Balaban J connectivity index is 1.96. The van der Waals surface area contributed by atoms with Crippen LogP contribution in [0.4, 0.5) is 10.1 Å². The number of aliphatic hydroxyl groups excluding tert-OH is 1. The lowest BCUT2D eigenvalue weighted by Gasteiger charge is -2.04. The Hall–Kier alpha value is -3.21. The lowest BCUT2D eigenvalue weighted by Crippen LogP contribution is -2.24. The number of benzene rings is 1. The molecule has 0 radical (unpaired) electrons. The van der Waals surface area contributed by atoms with Gasteiger partial charge in [-0.25, -0.2) is 4.39 Å². The molecule has 0 saturated carbocycles. The van der Waals surface area contributed by atoms with E-state index in [-0.39, 0.29) is 29.4 Å². The van der Waals surface area contributed by atoms with Gasteiger partial charge in [0.15, 0.2) is 5.78 Å². The number of halogens is 1. The zero-order valence-electron chi connectivity index (χ0n) is 15.5. The number of H-pyrrole nitrogens is 1. The summed E-state index contributed by atoms with van der Waals surface area (Å²) in [4.78, 5) is 26.8. The number of rotatable bonds is 5. The number of amides is 1. The Bertz CT molecular complexity index is 1030. The number of carbonyl (C=O) groups is 2. The van der Waals surface area contributed by atoms with E-state index in [1.54, 1.807) is 25.3 Å². The van der Waals surface area contributed by atoms with Crippen molar-refractivity contribution in [1.82, 2.24) is 10.3 Å². The molecule has 3 rings (SSSR count). The van der Waals surface area contributed by atoms with Crippen LogP contribution in [-0.4, -0.2) is 41.0 Å². The minimum absolute atomic E-state index is 0.0977. The van der Waals surface area contributed by atoms with Crippen molar-refractivity contribution in [3.8, 4) is 11.8 Å². The van der Waals surface area contributed by atoms with Crippen molar-refractivity contribution in [3.63, 3.8) is 0 Å². The highest BCUT2D eigenvalue weighted by Gasteiger charge is 2.28. The fourth-order valence-corrected chi connectivity index (χ4v) is 2.85. The van der Waals surface area contributed by atoms with Crippen LogP contribution in [0, 0.1) is 17.7 Å². The minimum atomic E-state index is -0.528. The number of anilines is 1. The van der Waals surface area contributed by atoms with Crippen LogP contribution in [0.15, 0.2) is 24.4 Å². The van der Waals surface area contributed by atoms with Gasteiger partial charge in [-0.1, -0.05) is 11.8 Å². The van der Waals surface area contributed by atoms with Gasteiger partial charge in [-0.3, -0.25) is 9.59 Å². The molecule has 1 aliphatic heterocycles. The molecule has 1 aromatic heterocycles. The van der Waals surface area contributed by atoms with E-state index in [0.29, 0.717) is 29.1 Å². The smallest absolute Gasteiger partial charge is 0.256 e. The van der Waals surface area contributed by atoms with Gasteiger partial charge in [-0.2, -0.15) is 0 Å². The molecule has 1 amide bonds. The van der Waals surface area contributed by atoms with Gasteiger partial charge in [0.25, 0.3) is 5.91 Å². The summed E-state index contributed by atoms with van der Waals surface area (Å²) in [5, 5.41) is 14.9. The average Bonchev–Trinajstić information content (AvgIpc) is 3.22. The van der Waals surface area contributed by atoms with Crippen LogP contribution in [0.2, 0.25) is 0 Å². The molecular weight excluding hydrogens is 361 g/mol. The number of aliphatic hydroxyl groups is 1. The van der Waals surface area contributed by atoms with E-state index < -0.39 is 11.9 Å². The molecule has 7 heteroatoms. The van der Waals surface area contributed by atoms with E-state index in [1.165, 1.54) is 19.1 Å². The highest BCUT2D eigenvalue weighted by molar-refractivity contribution is 6.35. The molecule has 2 aromatic rings. The first kappa shape index (κ1) is 19.5. The summed E-state index contributed by atoms with van der Waals surface area (Å²) in [6.45, 7) is 3.75. The highest BCUT2D eigenvalue weighted by atomic mass is 19.1. The van der Waals surface area contributed by atoms with Gasteiger partial charge in [0, 0.05) is 29.6 Å². The van der Waals surface area contributed by atoms with Crippen molar-refractivity contribution in [1.29, 1.82) is 0 Å². The predicted molar refractivity (Wildman–Crippen MR) is 105 cm³/mol. The summed E-state index contributed by atoms with van der Waals surface area (Å²) in [6, 6.07) is 4.39. The molecule has 1 aromatic carbocycles. The fraction of sp³-hybridized carbons (Fsp3) is 0.238. The monoisotopic (exact) mass is 381 g/mol. The molecule has 0 bridgehead atoms. The topological polar surface area (TPSA) is 94.2 Å². The van der Waals surface area contributed by atoms with Crippen LogP contribution >= 0.6 is 0 Å². The van der Waals surface area contributed by atoms with E-state index in [9.17, 15) is 19.1 Å². The van der Waals surface area contributed by atoms with Crippen LogP contribution in [0.3, 0.4) is 0 Å². The number of fused-ring (bicyclic) bond motifs is 1. The first-order chi connectivity index (χ1) is 13.4. The third kappa shape index (κ3) is 4.19. The van der Waals surface area contributed by atoms with Crippen molar-refractivity contribution in [3.05, 3.63) is 52.6 Å². The Morgan fingerprint density at radius 2 is 2.21 bits per heavy atom. The van der Waals surface area contributed by atoms with Crippen LogP contribution in [0.1, 0.15) is 41.0 Å². The third-order valence-corrected chi connectivity index (χ3v) is 4.19. The molecule has 1 aliphatic rings. The number of nitrogens with one attached hydrogen (secondary N) is 3. The third-order valence-electron chi connectivity index (χ3n) is 4.19. The quantitative estimate of drug-likeness (QED) is 0.276. The number of carbonyl (C=O) groups excluding carboxylic acids is 2. The number of hydrogen-bond donors (Lipinski definition) is 4. The Morgan fingerprint density at radius 1 is 1.43 bits per heavy atom. The zero-order chi connectivity index (χ0) is 20.3. The summed E-state index contributed by atoms with van der Waals surface area (Å²) in [6.07, 6.45) is 2.63. The van der Waals surface area contributed by atoms with Gasteiger partial charge >= 0.3 is 0 Å². The van der Waals surface area contributed by atoms with Crippen LogP contribution in [0.25, 0.3) is 11.6 Å². The summed E-state index contributed by atoms with van der Waals surface area (Å²) in [5.74, 6) is 4.60. The van der Waals surface area contributed by atoms with E-state index >= 15 is 0 Å². The van der Waals surface area contributed by atoms with Crippen molar-refractivity contribution in [2.75, 3.05) is 18.4 Å². The van der Waals surface area contributed by atoms with Gasteiger partial charge in [0.2, 0.25) is 0 Å². The number of ketones is 1. The summed E-state index contributed by atoms with van der Waals surface area (Å²) < 4.78 is 14.4. The second-order valence-corrected chi connectivity index (χ2v) is 6.54. The first-order valence-corrected chi connectivity index (χ1v) is 8.79. The summed E-state index contributed by atoms with van der Waals surface area (Å²) in [5.41, 5.74) is 2.33. The molecular formula is C21H20FN3O3. The molecule has 0 aliphatic carbocycles. The fourth-order valence-electron chi connectivity index (χ4n) is 2.85. The van der Waals surface area contributed by atoms with Gasteiger partial charge in [-0.15, -0.1) is 0 Å². The molecule has 1 atom stereocenters. The molecule has 1 unspecified atom stereocenters. The molecule has 2 heterocycles. The number of Topliss-reactive ketones (excluding diaryl/α,β-unsaturated/α-hetero) is 1. The van der Waals surface area contributed by atoms with Crippen molar-refractivity contribution in [2.24, 2.45) is 0 Å². The minimum Gasteiger partial charge on any atom is -0.392 e. The SMILES string of the molecule is CC(=O)c1c[nH]c(C=C2C(=O)Nc3ccc(F)c(C#CCNCC(C)O)c32)c1. The molecule has 0 spiro atoms. The predicted octanol–water partition coefficient (Wildman–Crippen LogP) is 2.17. The second kappa shape index (κ2) is 8.21. The van der Waals surface area contributed by atoms with Crippen LogP contribution in [-0.2, 0) is 4.79 Å². The van der Waals surface area contributed by atoms with Gasteiger partial charge in [0.1, 0.15) is 5.82 Å². The van der Waals surface area contributed by atoms with Gasteiger partial charge < -0.3 is 20.7 Å². The van der Waals surface area contributed by atoms with Crippen molar-refractivity contribution >= 4 is 29.0 Å². The highest BCUT2D eigenvalue weighted by Crippen LogP contribution is 2.36. The lowest BCUT2D eigenvalue weighted by atomic mass is 9.99. The van der Waals surface area contributed by atoms with E-state index in [4.69, 9.17) is 0 Å². The normalized spacial score (nSPS) is 15.0. The number of aromatic nitrogens is 1. The maximum atomic E-state index is 14.4. The van der Waals surface area contributed by atoms with Crippen LogP contribution < -0.4 is 10.6 Å². The standard InChI is InChI=1S/C21H20FN3O3/c1-12(26)10-23-7-3-4-16-18(22)5-6-19-20(16)17(21(28)25-19)9-15-8-14(11-24-15)13(2)27/h5-6,8-9,11-12,23-24,26H,7,10H2,1-2H3,(H,25,28). The maximum Gasteiger partial charge on any atom is 0.256 e. The van der Waals surface area contributed by atoms with Crippen LogP contribution in [0.5, 0.6) is 0 Å². The Labute approximate surface area is 161 Å². The average molecular weight is 381 g/mol. The van der Waals surface area contributed by atoms with E-state index in [0.717, 1.165) is 0 Å². The van der Waals surface area contributed by atoms with Gasteiger partial charge in [0.05, 0.1) is 29.5 Å². The first-order valence-electron chi connectivity index (χ1n) is 8.79. The lowest BCUT2D eigenvalue weighted by molar-refractivity contribution is -0.110. The molecule has 144 valence electrons. The summed E-state index contributed by atoms with van der Waals surface area (Å²) in [7, 11) is 0. The Kier molecular flexibility index (Phi) is 5.73. The molecule has 0 fully saturated rings. The second-order valence-electron chi connectivity index (χ2n) is 6.54. The summed E-state index contributed by atoms with van der Waals surface area (Å²) >= 11 is 0. The van der Waals surface area contributed by atoms with Crippen molar-refractivity contribution in [2.45, 2.75) is 20.0 Å². The maximum absolute atomic E-state index is 14.4. The zero-order valence-corrected chi connectivity index (χ0v) is 15.5. The number of hydrogen-bond acceptors (Lipinski definition) is 4. The number of aromatic amines is 1. The van der Waals surface area contributed by atoms with E-state index in [2.05, 4.69) is 27.5 Å². The largest absolute Gasteiger partial charge is 0.392 e. The molecule has 28 heavy (non-hydrogen) atoms. The molecule has 0 saturated heterocycles. The van der Waals surface area contributed by atoms with Gasteiger partial charge in [-0.05, 0) is 38.1 Å². The molecule has 6 nitrogen and oxygen atoms in total. The van der Waals surface area contributed by atoms with E-state index in [1.807, 2.05) is 0 Å². The Morgan fingerprint density at radius 3 is 2.89 bits per heavy atom.